The maximum Gasteiger partial charge on any atom is 0.282 e. The Morgan fingerprint density at radius 3 is 2.00 bits per heavy atom. The molecule has 0 radical (unpaired) electrons. The zero-order chi connectivity index (χ0) is 22.3. The Morgan fingerprint density at radius 1 is 0.933 bits per heavy atom. The van der Waals surface area contributed by atoms with Gasteiger partial charge in [0.25, 0.3) is 5.91 Å². The molecule has 0 saturated carbocycles. The first kappa shape index (κ1) is 21.9. The van der Waals surface area contributed by atoms with E-state index in [4.69, 9.17) is 0 Å². The van der Waals surface area contributed by atoms with Crippen molar-refractivity contribution in [3.8, 4) is 0 Å². The molecule has 0 fully saturated rings. The molecule has 30 heavy (non-hydrogen) atoms. The minimum Gasteiger partial charge on any atom is -0.289 e. The summed E-state index contributed by atoms with van der Waals surface area (Å²) in [6.45, 7) is 14.2. The number of Topliss-reactive ketones (excluding diaryl/α,β-unsaturated/α-hetero) is 1. The van der Waals surface area contributed by atoms with Gasteiger partial charge >= 0.3 is 0 Å². The first-order chi connectivity index (χ1) is 13.9. The Kier molecular flexibility index (Phi) is 5.68. The molecule has 0 bridgehead atoms. The predicted molar refractivity (Wildman–Crippen MR) is 121 cm³/mol. The Bertz CT molecular complexity index is 961. The van der Waals surface area contributed by atoms with Crippen molar-refractivity contribution in [2.24, 2.45) is 15.9 Å². The number of hydrogen-bond acceptors (Lipinski definition) is 4. The van der Waals surface area contributed by atoms with Crippen LogP contribution in [-0.2, 0) is 9.59 Å². The van der Waals surface area contributed by atoms with Crippen LogP contribution in [-0.4, -0.2) is 22.4 Å². The van der Waals surface area contributed by atoms with Gasteiger partial charge in [0.05, 0.1) is 11.3 Å². The lowest BCUT2D eigenvalue weighted by Crippen LogP contribution is -2.29. The molecule has 3 rings (SSSR count). The number of hydrazone groups is 1. The van der Waals surface area contributed by atoms with Gasteiger partial charge in [0.2, 0.25) is 0 Å². The van der Waals surface area contributed by atoms with E-state index in [9.17, 15) is 9.59 Å². The van der Waals surface area contributed by atoms with Crippen LogP contribution in [0.4, 0.5) is 5.82 Å². The van der Waals surface area contributed by atoms with E-state index < -0.39 is 0 Å². The lowest BCUT2D eigenvalue weighted by Gasteiger charge is -2.31. The molecular formula is C25H31N3O2. The fourth-order valence-corrected chi connectivity index (χ4v) is 3.67. The first-order valence-corrected chi connectivity index (χ1v) is 10.5. The van der Waals surface area contributed by atoms with Crippen molar-refractivity contribution in [3.63, 3.8) is 0 Å². The van der Waals surface area contributed by atoms with Crippen LogP contribution >= 0.6 is 0 Å². The van der Waals surface area contributed by atoms with Crippen molar-refractivity contribution < 1.29 is 9.59 Å². The maximum atomic E-state index is 13.5. The Morgan fingerprint density at radius 2 is 1.53 bits per heavy atom. The highest BCUT2D eigenvalue weighted by molar-refractivity contribution is 6.31. The Labute approximate surface area is 179 Å². The largest absolute Gasteiger partial charge is 0.289 e. The number of nitrogens with zero attached hydrogens (tertiary/aromatic N) is 3. The molecule has 0 saturated heterocycles. The van der Waals surface area contributed by atoms with Crippen LogP contribution in [0.5, 0.6) is 0 Å². The summed E-state index contributed by atoms with van der Waals surface area (Å²) < 4.78 is 0. The fourth-order valence-electron chi connectivity index (χ4n) is 3.67. The Hall–Kier alpha value is -2.82. The molecule has 5 heteroatoms. The molecule has 2 aliphatic rings. The van der Waals surface area contributed by atoms with E-state index in [0.717, 1.165) is 28.9 Å². The van der Waals surface area contributed by atoms with Gasteiger partial charge in [-0.3, -0.25) is 9.59 Å². The van der Waals surface area contributed by atoms with E-state index in [0.29, 0.717) is 17.8 Å². The van der Waals surface area contributed by atoms with Gasteiger partial charge in [0.1, 0.15) is 0 Å². The summed E-state index contributed by atoms with van der Waals surface area (Å²) in [5.74, 6) is 0.356. The number of allylic oxidation sites excluding steroid dienone is 5. The SMILES string of the molecule is CCCC1=NN(c2ccccn2)C(=O)C1=C1C=C(C(C)(C)C)C(=O)C(C(C)(C)C)=C1. The molecule has 1 amide bonds. The number of carbonyl (C=O) groups is 2. The molecule has 0 spiro atoms. The van der Waals surface area contributed by atoms with Crippen molar-refractivity contribution in [1.82, 2.24) is 4.98 Å². The number of aromatic nitrogens is 1. The topological polar surface area (TPSA) is 62.6 Å². The van der Waals surface area contributed by atoms with Crippen molar-refractivity contribution in [2.45, 2.75) is 61.3 Å². The van der Waals surface area contributed by atoms with Crippen LogP contribution in [0, 0.1) is 10.8 Å². The second-order valence-electron chi connectivity index (χ2n) is 9.88. The number of hydrogen-bond donors (Lipinski definition) is 0. The summed E-state index contributed by atoms with van der Waals surface area (Å²) in [5.41, 5.74) is 2.84. The van der Waals surface area contributed by atoms with Gasteiger partial charge in [0, 0.05) is 17.3 Å². The highest BCUT2D eigenvalue weighted by Crippen LogP contribution is 2.40. The number of carbonyl (C=O) groups excluding carboxylic acids is 2. The molecule has 2 heterocycles. The second kappa shape index (κ2) is 7.78. The van der Waals surface area contributed by atoms with E-state index in [1.54, 1.807) is 12.3 Å². The second-order valence-corrected chi connectivity index (χ2v) is 9.88. The van der Waals surface area contributed by atoms with Crippen LogP contribution in [0.25, 0.3) is 0 Å². The van der Waals surface area contributed by atoms with E-state index in [1.807, 2.05) is 65.8 Å². The van der Waals surface area contributed by atoms with E-state index in [2.05, 4.69) is 17.0 Å². The highest BCUT2D eigenvalue weighted by Gasteiger charge is 2.38. The third-order valence-electron chi connectivity index (χ3n) is 5.26. The third kappa shape index (κ3) is 4.07. The molecule has 158 valence electrons. The summed E-state index contributed by atoms with van der Waals surface area (Å²) in [6.07, 6.45) is 6.97. The minimum atomic E-state index is -0.335. The van der Waals surface area contributed by atoms with Crippen LogP contribution in [0.3, 0.4) is 0 Å². The standard InChI is InChI=1S/C25H31N3O2/c1-8-11-19-21(23(30)28(27-19)20-12-9-10-13-26-20)16-14-17(24(2,3)4)22(29)18(15-16)25(5,6)7/h9-10,12-15H,8,11H2,1-7H3. The average molecular weight is 406 g/mol. The predicted octanol–water partition coefficient (Wildman–Crippen LogP) is 5.41. The molecule has 0 unspecified atom stereocenters. The molecule has 1 aromatic rings. The molecule has 1 aliphatic heterocycles. The number of ketones is 1. The van der Waals surface area contributed by atoms with E-state index in [-0.39, 0.29) is 22.5 Å². The Balaban J connectivity index is 2.24. The fraction of sp³-hybridized carbons (Fsp3) is 0.440. The van der Waals surface area contributed by atoms with E-state index >= 15 is 0 Å². The van der Waals surface area contributed by atoms with Crippen molar-refractivity contribution in [1.29, 1.82) is 0 Å². The molecule has 0 aromatic carbocycles. The van der Waals surface area contributed by atoms with Crippen LogP contribution in [0.15, 0.2) is 63.9 Å². The number of anilines is 1. The van der Waals surface area contributed by atoms with Gasteiger partial charge in [-0.25, -0.2) is 4.98 Å². The summed E-state index contributed by atoms with van der Waals surface area (Å²) >= 11 is 0. The molecule has 1 aromatic heterocycles. The summed E-state index contributed by atoms with van der Waals surface area (Å²) in [5, 5.41) is 5.99. The van der Waals surface area contributed by atoms with E-state index in [1.165, 1.54) is 5.01 Å². The van der Waals surface area contributed by atoms with Crippen LogP contribution in [0.2, 0.25) is 0 Å². The summed E-state index contributed by atoms with van der Waals surface area (Å²) in [6, 6.07) is 5.42. The lowest BCUT2D eigenvalue weighted by atomic mass is 9.71. The zero-order valence-corrected chi connectivity index (χ0v) is 19.0. The van der Waals surface area contributed by atoms with Gasteiger partial charge in [-0.15, -0.1) is 0 Å². The molecule has 0 N–H and O–H groups in total. The molecular weight excluding hydrogens is 374 g/mol. The van der Waals surface area contributed by atoms with Gasteiger partial charge in [-0.1, -0.05) is 61.0 Å². The van der Waals surface area contributed by atoms with Gasteiger partial charge in [-0.05, 0) is 47.1 Å². The van der Waals surface area contributed by atoms with Gasteiger partial charge in [-0.2, -0.15) is 10.1 Å². The first-order valence-electron chi connectivity index (χ1n) is 10.5. The summed E-state index contributed by atoms with van der Waals surface area (Å²) in [4.78, 5) is 31.0. The monoisotopic (exact) mass is 405 g/mol. The highest BCUT2D eigenvalue weighted by atomic mass is 16.2. The van der Waals surface area contributed by atoms with Crippen molar-refractivity contribution in [3.05, 3.63) is 58.8 Å². The summed E-state index contributed by atoms with van der Waals surface area (Å²) in [7, 11) is 0. The molecule has 1 aliphatic carbocycles. The number of pyridine rings is 1. The number of amides is 1. The average Bonchev–Trinajstić information content (AvgIpc) is 2.97. The molecule has 5 nitrogen and oxygen atoms in total. The maximum absolute atomic E-state index is 13.5. The molecule has 0 atom stereocenters. The lowest BCUT2D eigenvalue weighted by molar-refractivity contribution is -0.115. The smallest absolute Gasteiger partial charge is 0.282 e. The van der Waals surface area contributed by atoms with Gasteiger partial charge < -0.3 is 0 Å². The third-order valence-corrected chi connectivity index (χ3v) is 5.26. The normalized spacial score (nSPS) is 18.0. The van der Waals surface area contributed by atoms with Crippen LogP contribution < -0.4 is 5.01 Å². The van der Waals surface area contributed by atoms with Gasteiger partial charge in [0.15, 0.2) is 11.6 Å². The number of rotatable bonds is 3. The van der Waals surface area contributed by atoms with Crippen LogP contribution in [0.1, 0.15) is 61.3 Å². The van der Waals surface area contributed by atoms with Crippen molar-refractivity contribution >= 4 is 23.2 Å². The van der Waals surface area contributed by atoms with Crippen molar-refractivity contribution in [2.75, 3.05) is 5.01 Å². The minimum absolute atomic E-state index is 0.0559. The zero-order valence-electron chi connectivity index (χ0n) is 19.0. The quantitative estimate of drug-likeness (QED) is 0.632.